The van der Waals surface area contributed by atoms with Crippen molar-refractivity contribution < 1.29 is 9.53 Å². The first kappa shape index (κ1) is 13.7. The topological polar surface area (TPSA) is 78.3 Å². The summed E-state index contributed by atoms with van der Waals surface area (Å²) < 4.78 is 5.98. The monoisotopic (exact) mass is 324 g/mol. The van der Waals surface area contributed by atoms with Gasteiger partial charge >= 0.3 is 0 Å². The van der Waals surface area contributed by atoms with Gasteiger partial charge in [0, 0.05) is 24.4 Å². The van der Waals surface area contributed by atoms with E-state index in [2.05, 4.69) is 26.0 Å². The van der Waals surface area contributed by atoms with Crippen molar-refractivity contribution in [2.45, 2.75) is 6.42 Å². The third-order valence-electron chi connectivity index (χ3n) is 3.06. The van der Waals surface area contributed by atoms with E-state index in [0.717, 1.165) is 10.2 Å². The minimum atomic E-state index is 0.0343. The molecule has 1 aromatic rings. The minimum Gasteiger partial charge on any atom is -0.495 e. The van der Waals surface area contributed by atoms with E-state index in [-0.39, 0.29) is 11.8 Å². The zero-order chi connectivity index (χ0) is 13.8. The average Bonchev–Trinajstić information content (AvgIpc) is 2.78. The van der Waals surface area contributed by atoms with Crippen molar-refractivity contribution in [3.05, 3.63) is 33.1 Å². The molecule has 6 nitrogen and oxygen atoms in total. The summed E-state index contributed by atoms with van der Waals surface area (Å²) in [5.41, 5.74) is 9.11. The highest BCUT2D eigenvalue weighted by Gasteiger charge is 2.31. The summed E-state index contributed by atoms with van der Waals surface area (Å²) in [6, 6.07) is 5.53. The second-order valence-corrected chi connectivity index (χ2v) is 5.07. The molecular formula is C12H13BrN4O2. The van der Waals surface area contributed by atoms with E-state index in [0.29, 0.717) is 25.3 Å². The quantitative estimate of drug-likeness (QED) is 0.484. The van der Waals surface area contributed by atoms with Gasteiger partial charge in [-0.2, -0.15) is 0 Å². The molecule has 0 aromatic heterocycles. The fraction of sp³-hybridized carbons (Fsp3) is 0.417. The summed E-state index contributed by atoms with van der Waals surface area (Å²) in [4.78, 5) is 16.5. The van der Waals surface area contributed by atoms with Crippen LogP contribution in [0.25, 0.3) is 10.4 Å². The number of ether oxygens (including phenoxy) is 1. The van der Waals surface area contributed by atoms with Crippen molar-refractivity contribution >= 4 is 27.5 Å². The van der Waals surface area contributed by atoms with Crippen LogP contribution in [0.5, 0.6) is 5.75 Å². The molecule has 0 aliphatic carbocycles. The number of halogens is 1. The lowest BCUT2D eigenvalue weighted by atomic mass is 10.1. The van der Waals surface area contributed by atoms with Crippen LogP contribution < -0.4 is 9.64 Å². The highest BCUT2D eigenvalue weighted by molar-refractivity contribution is 9.10. The third kappa shape index (κ3) is 2.83. The van der Waals surface area contributed by atoms with Crippen molar-refractivity contribution in [2.24, 2.45) is 11.0 Å². The zero-order valence-corrected chi connectivity index (χ0v) is 12.0. The highest BCUT2D eigenvalue weighted by Crippen LogP contribution is 2.37. The number of carbonyl (C=O) groups is 1. The lowest BCUT2D eigenvalue weighted by Gasteiger charge is -2.19. The Balaban J connectivity index is 2.23. The van der Waals surface area contributed by atoms with Gasteiger partial charge in [-0.05, 0) is 39.5 Å². The van der Waals surface area contributed by atoms with Crippen molar-refractivity contribution in [1.82, 2.24) is 0 Å². The number of hydrogen-bond donors (Lipinski definition) is 0. The molecule has 0 saturated carbocycles. The van der Waals surface area contributed by atoms with Gasteiger partial charge in [0.25, 0.3) is 0 Å². The van der Waals surface area contributed by atoms with Gasteiger partial charge in [0.05, 0.1) is 17.3 Å². The van der Waals surface area contributed by atoms with Crippen LogP contribution in [0.15, 0.2) is 27.8 Å². The molecule has 1 amide bonds. The summed E-state index contributed by atoms with van der Waals surface area (Å²) in [6.07, 6.45) is 0.405. The summed E-state index contributed by atoms with van der Waals surface area (Å²) in [6.45, 7) is 0.907. The van der Waals surface area contributed by atoms with E-state index in [4.69, 9.17) is 10.3 Å². The maximum absolute atomic E-state index is 12.0. The molecule has 0 N–H and O–H groups in total. The first-order valence-corrected chi connectivity index (χ1v) is 6.60. The van der Waals surface area contributed by atoms with Gasteiger partial charge in [0.2, 0.25) is 5.91 Å². The van der Waals surface area contributed by atoms with Crippen molar-refractivity contribution in [3.63, 3.8) is 0 Å². The highest BCUT2D eigenvalue weighted by atomic mass is 79.9. The molecule has 1 aliphatic heterocycles. The van der Waals surface area contributed by atoms with Crippen molar-refractivity contribution in [1.29, 1.82) is 0 Å². The fourth-order valence-electron chi connectivity index (χ4n) is 2.15. The molecule has 1 saturated heterocycles. The number of nitrogens with zero attached hydrogens (tertiary/aromatic N) is 4. The van der Waals surface area contributed by atoms with Gasteiger partial charge in [-0.25, -0.2) is 0 Å². The number of anilines is 1. The Bertz CT molecular complexity index is 543. The summed E-state index contributed by atoms with van der Waals surface area (Å²) in [5.74, 6) is 0.789. The van der Waals surface area contributed by atoms with Gasteiger partial charge in [0.1, 0.15) is 5.75 Å². The SMILES string of the molecule is COc1cccc(N2CC(CN=[N+]=[N-])CC2=O)c1Br. The van der Waals surface area contributed by atoms with Crippen LogP contribution in [0.4, 0.5) is 5.69 Å². The molecule has 1 fully saturated rings. The number of rotatable bonds is 4. The molecule has 0 spiro atoms. The van der Waals surface area contributed by atoms with Crippen LogP contribution in [-0.4, -0.2) is 26.1 Å². The molecule has 1 unspecified atom stereocenters. The Hall–Kier alpha value is -1.72. The maximum Gasteiger partial charge on any atom is 0.227 e. The molecular weight excluding hydrogens is 312 g/mol. The van der Waals surface area contributed by atoms with Gasteiger partial charge < -0.3 is 9.64 Å². The second-order valence-electron chi connectivity index (χ2n) is 4.28. The molecule has 1 aromatic carbocycles. The Kier molecular flexibility index (Phi) is 4.29. The molecule has 1 atom stereocenters. The second kappa shape index (κ2) is 5.95. The fourth-order valence-corrected chi connectivity index (χ4v) is 2.79. The zero-order valence-electron chi connectivity index (χ0n) is 10.4. The van der Waals surface area contributed by atoms with E-state index in [1.807, 2.05) is 18.2 Å². The number of azide groups is 1. The number of methoxy groups -OCH3 is 1. The van der Waals surface area contributed by atoms with Gasteiger partial charge in [-0.15, -0.1) is 0 Å². The van der Waals surface area contributed by atoms with Crippen molar-refractivity contribution in [3.8, 4) is 5.75 Å². The molecule has 2 rings (SSSR count). The summed E-state index contributed by atoms with van der Waals surface area (Å²) >= 11 is 3.45. The molecule has 1 heterocycles. The summed E-state index contributed by atoms with van der Waals surface area (Å²) in [5, 5.41) is 3.54. The van der Waals surface area contributed by atoms with Gasteiger partial charge in [-0.1, -0.05) is 11.2 Å². The van der Waals surface area contributed by atoms with E-state index >= 15 is 0 Å². The molecule has 7 heteroatoms. The maximum atomic E-state index is 12.0. The number of hydrogen-bond acceptors (Lipinski definition) is 3. The van der Waals surface area contributed by atoms with Crippen LogP contribution in [0.3, 0.4) is 0 Å². The normalized spacial score (nSPS) is 18.3. The Morgan fingerprint density at radius 2 is 2.42 bits per heavy atom. The Morgan fingerprint density at radius 1 is 1.63 bits per heavy atom. The van der Waals surface area contributed by atoms with Crippen LogP contribution in [0, 0.1) is 5.92 Å². The Morgan fingerprint density at radius 3 is 3.11 bits per heavy atom. The largest absolute Gasteiger partial charge is 0.495 e. The van der Waals surface area contributed by atoms with Crippen LogP contribution in [0.2, 0.25) is 0 Å². The average molecular weight is 325 g/mol. The standard InChI is InChI=1S/C12H13BrN4O2/c1-19-10-4-2-3-9(12(10)13)17-7-8(5-11(17)18)6-15-16-14/h2-4,8H,5-7H2,1H3. The molecule has 1 aliphatic rings. The lowest BCUT2D eigenvalue weighted by Crippen LogP contribution is -2.25. The first-order chi connectivity index (χ1) is 9.17. The van der Waals surface area contributed by atoms with E-state index in [1.54, 1.807) is 12.0 Å². The number of carbonyl (C=O) groups excluding carboxylic acids is 1. The minimum absolute atomic E-state index is 0.0343. The predicted molar refractivity (Wildman–Crippen MR) is 75.2 cm³/mol. The van der Waals surface area contributed by atoms with Crippen LogP contribution >= 0.6 is 15.9 Å². The molecule has 0 radical (unpaired) electrons. The Labute approximate surface area is 119 Å². The third-order valence-corrected chi connectivity index (χ3v) is 3.86. The van der Waals surface area contributed by atoms with Crippen LogP contribution in [0.1, 0.15) is 6.42 Å². The lowest BCUT2D eigenvalue weighted by molar-refractivity contribution is -0.117. The molecule has 0 bridgehead atoms. The number of amides is 1. The van der Waals surface area contributed by atoms with Gasteiger partial charge in [-0.3, -0.25) is 4.79 Å². The van der Waals surface area contributed by atoms with Gasteiger partial charge in [0.15, 0.2) is 0 Å². The van der Waals surface area contributed by atoms with Crippen LogP contribution in [-0.2, 0) is 4.79 Å². The van der Waals surface area contributed by atoms with E-state index in [9.17, 15) is 4.79 Å². The molecule has 19 heavy (non-hydrogen) atoms. The predicted octanol–water partition coefficient (Wildman–Crippen LogP) is 3.12. The first-order valence-electron chi connectivity index (χ1n) is 5.81. The molecule has 100 valence electrons. The van der Waals surface area contributed by atoms with E-state index in [1.165, 1.54) is 0 Å². The number of benzene rings is 1. The van der Waals surface area contributed by atoms with Crippen molar-refractivity contribution in [2.75, 3.05) is 25.1 Å². The van der Waals surface area contributed by atoms with E-state index < -0.39 is 0 Å². The summed E-state index contributed by atoms with van der Waals surface area (Å²) in [7, 11) is 1.58. The smallest absolute Gasteiger partial charge is 0.227 e.